The van der Waals surface area contributed by atoms with Gasteiger partial charge in [0, 0.05) is 13.1 Å². The highest BCUT2D eigenvalue weighted by atomic mass is 32.2. The summed E-state index contributed by atoms with van der Waals surface area (Å²) in [5, 5.41) is 0. The van der Waals surface area contributed by atoms with Crippen LogP contribution in [0, 0.1) is 5.92 Å². The van der Waals surface area contributed by atoms with Gasteiger partial charge in [0.15, 0.2) is 0 Å². The van der Waals surface area contributed by atoms with Gasteiger partial charge in [-0.2, -0.15) is 0 Å². The molecule has 1 atom stereocenters. The third-order valence-corrected chi connectivity index (χ3v) is 4.50. The van der Waals surface area contributed by atoms with Gasteiger partial charge >= 0.3 is 0 Å². The van der Waals surface area contributed by atoms with E-state index in [4.69, 9.17) is 5.84 Å². The Morgan fingerprint density at radius 1 is 1.60 bits per heavy atom. The van der Waals surface area contributed by atoms with Gasteiger partial charge in [-0.15, -0.1) is 0 Å². The van der Waals surface area contributed by atoms with Crippen molar-refractivity contribution in [3.05, 3.63) is 0 Å². The topological polar surface area (TPSA) is 92.5 Å². The fraction of sp³-hybridized carbons (Fsp3) is 0.875. The van der Waals surface area contributed by atoms with E-state index in [2.05, 4.69) is 5.43 Å². The van der Waals surface area contributed by atoms with Crippen LogP contribution in [0.3, 0.4) is 0 Å². The van der Waals surface area contributed by atoms with Crippen LogP contribution >= 0.6 is 0 Å². The SMILES string of the molecule is CCS(=O)(=O)N1CCCC(C(=O)NN)C1. The van der Waals surface area contributed by atoms with E-state index >= 15 is 0 Å². The zero-order valence-electron chi connectivity index (χ0n) is 8.77. The van der Waals surface area contributed by atoms with Crippen LogP contribution in [-0.2, 0) is 14.8 Å². The first-order chi connectivity index (χ1) is 7.01. The number of piperidine rings is 1. The number of nitrogens with two attached hydrogens (primary N) is 1. The minimum Gasteiger partial charge on any atom is -0.294 e. The van der Waals surface area contributed by atoms with Crippen molar-refractivity contribution in [3.63, 3.8) is 0 Å². The summed E-state index contributed by atoms with van der Waals surface area (Å²) in [4.78, 5) is 11.3. The van der Waals surface area contributed by atoms with Crippen molar-refractivity contribution < 1.29 is 13.2 Å². The van der Waals surface area contributed by atoms with Crippen molar-refractivity contribution in [3.8, 4) is 0 Å². The highest BCUT2D eigenvalue weighted by Crippen LogP contribution is 2.19. The zero-order valence-corrected chi connectivity index (χ0v) is 9.59. The number of carbonyl (C=O) groups is 1. The fourth-order valence-corrected chi connectivity index (χ4v) is 2.89. The molecule has 0 aromatic rings. The molecule has 1 unspecified atom stereocenters. The van der Waals surface area contributed by atoms with Gasteiger partial charge in [-0.05, 0) is 19.8 Å². The minimum absolute atomic E-state index is 0.0734. The van der Waals surface area contributed by atoms with Gasteiger partial charge in [-0.3, -0.25) is 10.2 Å². The van der Waals surface area contributed by atoms with Crippen LogP contribution in [0.1, 0.15) is 19.8 Å². The first-order valence-electron chi connectivity index (χ1n) is 4.99. The number of rotatable bonds is 3. The molecule has 0 radical (unpaired) electrons. The number of hydrazine groups is 1. The van der Waals surface area contributed by atoms with Crippen LogP contribution in [0.15, 0.2) is 0 Å². The first-order valence-corrected chi connectivity index (χ1v) is 6.60. The van der Waals surface area contributed by atoms with Gasteiger partial charge in [0.25, 0.3) is 0 Å². The van der Waals surface area contributed by atoms with Crippen molar-refractivity contribution in [2.24, 2.45) is 11.8 Å². The Balaban J connectivity index is 2.68. The number of nitrogens with zero attached hydrogens (tertiary/aromatic N) is 1. The molecule has 0 aromatic carbocycles. The molecule has 6 nitrogen and oxygen atoms in total. The predicted octanol–water partition coefficient (Wildman–Crippen LogP) is -0.962. The summed E-state index contributed by atoms with van der Waals surface area (Å²) in [7, 11) is -3.18. The molecule has 0 aliphatic carbocycles. The number of sulfonamides is 1. The van der Waals surface area contributed by atoms with Crippen LogP contribution in [0.4, 0.5) is 0 Å². The molecule has 0 saturated carbocycles. The van der Waals surface area contributed by atoms with E-state index in [-0.39, 0.29) is 24.1 Å². The Bertz CT molecular complexity index is 328. The van der Waals surface area contributed by atoms with Gasteiger partial charge < -0.3 is 0 Å². The molecule has 1 aliphatic heterocycles. The Kier molecular flexibility index (Phi) is 4.06. The Hall–Kier alpha value is -0.660. The van der Waals surface area contributed by atoms with E-state index in [1.165, 1.54) is 4.31 Å². The molecule has 0 bridgehead atoms. The van der Waals surface area contributed by atoms with E-state index in [9.17, 15) is 13.2 Å². The lowest BCUT2D eigenvalue weighted by Gasteiger charge is -2.30. The standard InChI is InChI=1S/C8H17N3O3S/c1-2-15(13,14)11-5-3-4-7(6-11)8(12)10-9/h7H,2-6,9H2,1H3,(H,10,12). The number of hydrogen-bond donors (Lipinski definition) is 2. The summed E-state index contributed by atoms with van der Waals surface area (Å²) in [5.41, 5.74) is 2.06. The van der Waals surface area contributed by atoms with Crippen molar-refractivity contribution >= 4 is 15.9 Å². The van der Waals surface area contributed by atoms with E-state index in [0.29, 0.717) is 19.4 Å². The summed E-state index contributed by atoms with van der Waals surface area (Å²) < 4.78 is 24.5. The molecule has 1 fully saturated rings. The molecule has 1 heterocycles. The number of carbonyl (C=O) groups excluding carboxylic acids is 1. The molecule has 1 amide bonds. The maximum absolute atomic E-state index is 11.6. The first kappa shape index (κ1) is 12.4. The largest absolute Gasteiger partial charge is 0.294 e. The second-order valence-corrected chi connectivity index (χ2v) is 5.86. The molecule has 1 saturated heterocycles. The van der Waals surface area contributed by atoms with Gasteiger partial charge in [-0.25, -0.2) is 18.6 Å². The highest BCUT2D eigenvalue weighted by Gasteiger charge is 2.30. The fourth-order valence-electron chi connectivity index (χ4n) is 1.71. The predicted molar refractivity (Wildman–Crippen MR) is 56.1 cm³/mol. The lowest BCUT2D eigenvalue weighted by Crippen LogP contribution is -2.47. The average molecular weight is 235 g/mol. The van der Waals surface area contributed by atoms with Crippen LogP contribution in [0.2, 0.25) is 0 Å². The normalized spacial score (nSPS) is 23.7. The van der Waals surface area contributed by atoms with Gasteiger partial charge in [0.1, 0.15) is 0 Å². The molecular formula is C8H17N3O3S. The summed E-state index contributed by atoms with van der Waals surface area (Å²) in [5.74, 6) is 4.49. The number of amides is 1. The monoisotopic (exact) mass is 235 g/mol. The van der Waals surface area contributed by atoms with E-state index < -0.39 is 10.0 Å². The molecular weight excluding hydrogens is 218 g/mol. The van der Waals surface area contributed by atoms with Crippen molar-refractivity contribution in [2.75, 3.05) is 18.8 Å². The number of hydrogen-bond acceptors (Lipinski definition) is 4. The summed E-state index contributed by atoms with van der Waals surface area (Å²) >= 11 is 0. The summed E-state index contributed by atoms with van der Waals surface area (Å²) in [6.07, 6.45) is 1.40. The van der Waals surface area contributed by atoms with Gasteiger partial charge in [0.05, 0.1) is 11.7 Å². The third kappa shape index (κ3) is 2.90. The van der Waals surface area contributed by atoms with E-state index in [0.717, 1.165) is 0 Å². The maximum atomic E-state index is 11.6. The molecule has 15 heavy (non-hydrogen) atoms. The Morgan fingerprint density at radius 2 is 2.27 bits per heavy atom. The van der Waals surface area contributed by atoms with Crippen LogP contribution < -0.4 is 11.3 Å². The van der Waals surface area contributed by atoms with E-state index in [1.54, 1.807) is 6.92 Å². The lowest BCUT2D eigenvalue weighted by molar-refractivity contribution is -0.126. The van der Waals surface area contributed by atoms with Gasteiger partial charge in [0.2, 0.25) is 15.9 Å². The minimum atomic E-state index is -3.18. The van der Waals surface area contributed by atoms with E-state index in [1.807, 2.05) is 0 Å². The third-order valence-electron chi connectivity index (χ3n) is 2.66. The molecule has 0 spiro atoms. The van der Waals surface area contributed by atoms with Crippen molar-refractivity contribution in [1.82, 2.24) is 9.73 Å². The second-order valence-electron chi connectivity index (χ2n) is 3.61. The molecule has 7 heteroatoms. The second kappa shape index (κ2) is 4.91. The molecule has 1 aliphatic rings. The summed E-state index contributed by atoms with van der Waals surface area (Å²) in [6.45, 7) is 2.35. The summed E-state index contributed by atoms with van der Waals surface area (Å²) in [6, 6.07) is 0. The molecule has 0 aromatic heterocycles. The maximum Gasteiger partial charge on any atom is 0.238 e. The molecule has 3 N–H and O–H groups in total. The molecule has 1 rings (SSSR count). The van der Waals surface area contributed by atoms with Crippen molar-refractivity contribution in [2.45, 2.75) is 19.8 Å². The van der Waals surface area contributed by atoms with Gasteiger partial charge in [-0.1, -0.05) is 0 Å². The molecule has 88 valence electrons. The highest BCUT2D eigenvalue weighted by molar-refractivity contribution is 7.89. The van der Waals surface area contributed by atoms with Crippen LogP contribution in [0.5, 0.6) is 0 Å². The Labute approximate surface area is 89.8 Å². The quantitative estimate of drug-likeness (QED) is 0.374. The number of nitrogens with one attached hydrogen (secondary N) is 1. The van der Waals surface area contributed by atoms with Crippen LogP contribution in [0.25, 0.3) is 0 Å². The lowest BCUT2D eigenvalue weighted by atomic mass is 9.99. The smallest absolute Gasteiger partial charge is 0.238 e. The van der Waals surface area contributed by atoms with Crippen LogP contribution in [-0.4, -0.2) is 37.5 Å². The zero-order chi connectivity index (χ0) is 11.5. The average Bonchev–Trinajstić information content (AvgIpc) is 2.28. The Morgan fingerprint density at radius 3 is 2.80 bits per heavy atom. The van der Waals surface area contributed by atoms with Crippen molar-refractivity contribution in [1.29, 1.82) is 0 Å².